The van der Waals surface area contributed by atoms with Crippen LogP contribution in [0.4, 0.5) is 0 Å². The Morgan fingerprint density at radius 1 is 1.56 bits per heavy atom. The number of esters is 1. The lowest BCUT2D eigenvalue weighted by Gasteiger charge is -2.03. The Morgan fingerprint density at radius 2 is 2.39 bits per heavy atom. The van der Waals surface area contributed by atoms with E-state index in [1.54, 1.807) is 11.4 Å². The minimum Gasteiger partial charge on any atom is -0.462 e. The number of carbonyl (C=O) groups excluding carboxylic acids is 1. The number of rotatable bonds is 2. The molecule has 0 aromatic carbocycles. The number of fused-ring (bicyclic) bond motifs is 3. The van der Waals surface area contributed by atoms with Gasteiger partial charge in [-0.1, -0.05) is 0 Å². The van der Waals surface area contributed by atoms with E-state index in [0.717, 1.165) is 30.5 Å². The number of aromatic nitrogens is 3. The zero-order chi connectivity index (χ0) is 12.7. The Balaban J connectivity index is 2.24. The van der Waals surface area contributed by atoms with E-state index in [1.807, 2.05) is 0 Å². The van der Waals surface area contributed by atoms with E-state index in [4.69, 9.17) is 4.74 Å². The van der Waals surface area contributed by atoms with Crippen LogP contribution in [-0.2, 0) is 17.6 Å². The molecule has 0 saturated carbocycles. The van der Waals surface area contributed by atoms with E-state index in [9.17, 15) is 9.59 Å². The summed E-state index contributed by atoms with van der Waals surface area (Å²) in [7, 11) is 0. The molecular weight excluding hydrogens is 234 g/mol. The molecule has 2 aromatic rings. The van der Waals surface area contributed by atoms with Crippen molar-refractivity contribution >= 4 is 11.6 Å². The fraction of sp³-hybridized carbons (Fsp3) is 0.417. The second-order valence-corrected chi connectivity index (χ2v) is 4.27. The van der Waals surface area contributed by atoms with Crippen LogP contribution >= 0.6 is 0 Å². The highest BCUT2D eigenvalue weighted by Crippen LogP contribution is 2.20. The summed E-state index contributed by atoms with van der Waals surface area (Å²) in [6.45, 7) is 2.04. The summed E-state index contributed by atoms with van der Waals surface area (Å²) in [5.74, 6) is -0.457. The molecule has 0 saturated heterocycles. The van der Waals surface area contributed by atoms with Gasteiger partial charge < -0.3 is 9.72 Å². The average molecular weight is 247 g/mol. The molecule has 0 amide bonds. The molecule has 6 heteroatoms. The molecule has 2 heterocycles. The van der Waals surface area contributed by atoms with Crippen molar-refractivity contribution in [3.63, 3.8) is 0 Å². The molecule has 1 aliphatic rings. The minimum absolute atomic E-state index is 0.124. The molecule has 2 aromatic heterocycles. The summed E-state index contributed by atoms with van der Waals surface area (Å²) in [4.78, 5) is 26.4. The number of hydrogen-bond acceptors (Lipinski definition) is 4. The first-order valence-electron chi connectivity index (χ1n) is 6.01. The third-order valence-electron chi connectivity index (χ3n) is 3.21. The molecule has 3 rings (SSSR count). The Kier molecular flexibility index (Phi) is 2.43. The van der Waals surface area contributed by atoms with Gasteiger partial charge in [0, 0.05) is 5.56 Å². The number of hydrogen-bond donors (Lipinski definition) is 1. The van der Waals surface area contributed by atoms with Gasteiger partial charge in [-0.15, -0.1) is 0 Å². The van der Waals surface area contributed by atoms with Crippen LogP contribution in [0.2, 0.25) is 0 Å². The summed E-state index contributed by atoms with van der Waals surface area (Å²) in [6.07, 6.45) is 3.99. The molecule has 94 valence electrons. The number of nitrogens with zero attached hydrogens (tertiary/aromatic N) is 2. The normalized spacial score (nSPS) is 13.8. The van der Waals surface area contributed by atoms with Gasteiger partial charge in [-0.3, -0.25) is 4.79 Å². The van der Waals surface area contributed by atoms with E-state index in [1.165, 1.54) is 6.20 Å². The topological polar surface area (TPSA) is 76.5 Å². The maximum atomic E-state index is 11.9. The molecule has 1 aliphatic carbocycles. The Hall–Kier alpha value is -2.11. The largest absolute Gasteiger partial charge is 0.462 e. The van der Waals surface area contributed by atoms with Crippen LogP contribution in [0.1, 0.15) is 35.0 Å². The number of H-pyrrole nitrogens is 1. The molecule has 0 fully saturated rings. The Bertz CT molecular complexity index is 684. The second kappa shape index (κ2) is 3.97. The molecular formula is C12H13N3O3. The molecule has 18 heavy (non-hydrogen) atoms. The summed E-state index contributed by atoms with van der Waals surface area (Å²) in [5.41, 5.74) is 2.30. The second-order valence-electron chi connectivity index (χ2n) is 4.27. The lowest BCUT2D eigenvalue weighted by atomic mass is 10.2. The van der Waals surface area contributed by atoms with E-state index in [0.29, 0.717) is 17.8 Å². The highest BCUT2D eigenvalue weighted by molar-refractivity contribution is 5.95. The van der Waals surface area contributed by atoms with Crippen LogP contribution in [0.3, 0.4) is 0 Å². The zero-order valence-corrected chi connectivity index (χ0v) is 10.0. The van der Waals surface area contributed by atoms with Gasteiger partial charge in [0.2, 0.25) is 0 Å². The molecule has 6 nitrogen and oxygen atoms in total. The van der Waals surface area contributed by atoms with Crippen molar-refractivity contribution in [2.75, 3.05) is 6.61 Å². The maximum Gasteiger partial charge on any atom is 0.343 e. The fourth-order valence-corrected chi connectivity index (χ4v) is 2.42. The van der Waals surface area contributed by atoms with E-state index >= 15 is 0 Å². The smallest absolute Gasteiger partial charge is 0.343 e. The zero-order valence-electron chi connectivity index (χ0n) is 10.0. The Labute approximate surface area is 103 Å². The molecule has 0 unspecified atom stereocenters. The lowest BCUT2D eigenvalue weighted by molar-refractivity contribution is 0.0528. The Morgan fingerprint density at radius 3 is 3.17 bits per heavy atom. The first-order chi connectivity index (χ1) is 8.72. The van der Waals surface area contributed by atoms with Crippen molar-refractivity contribution in [1.82, 2.24) is 14.6 Å². The maximum absolute atomic E-state index is 11.9. The van der Waals surface area contributed by atoms with E-state index < -0.39 is 5.97 Å². The van der Waals surface area contributed by atoms with Crippen LogP contribution < -0.4 is 5.56 Å². The summed E-state index contributed by atoms with van der Waals surface area (Å²) in [5, 5.41) is 4.18. The molecule has 0 aliphatic heterocycles. The van der Waals surface area contributed by atoms with Gasteiger partial charge in [0.1, 0.15) is 5.56 Å². The number of aryl methyl sites for hydroxylation is 1. The van der Waals surface area contributed by atoms with Gasteiger partial charge in [0.25, 0.3) is 5.56 Å². The highest BCUT2D eigenvalue weighted by Gasteiger charge is 2.22. The van der Waals surface area contributed by atoms with Crippen molar-refractivity contribution in [3.8, 4) is 0 Å². The summed E-state index contributed by atoms with van der Waals surface area (Å²) < 4.78 is 6.59. The molecule has 0 bridgehead atoms. The van der Waals surface area contributed by atoms with Crippen LogP contribution in [0.15, 0.2) is 11.0 Å². The molecule has 0 radical (unpaired) electrons. The van der Waals surface area contributed by atoms with Crippen LogP contribution in [-0.4, -0.2) is 27.2 Å². The van der Waals surface area contributed by atoms with Crippen LogP contribution in [0, 0.1) is 0 Å². The third kappa shape index (κ3) is 1.45. The van der Waals surface area contributed by atoms with Crippen molar-refractivity contribution in [2.24, 2.45) is 0 Å². The van der Waals surface area contributed by atoms with E-state index in [2.05, 4.69) is 10.1 Å². The SMILES string of the molecule is CCOC(=O)c1cnn2c3c(c(=O)[nH]c12)CCC3. The predicted molar refractivity (Wildman–Crippen MR) is 63.8 cm³/mol. The molecule has 0 spiro atoms. The van der Waals surface area contributed by atoms with E-state index in [-0.39, 0.29) is 5.56 Å². The summed E-state index contributed by atoms with van der Waals surface area (Å²) >= 11 is 0. The first-order valence-corrected chi connectivity index (χ1v) is 6.01. The number of aromatic amines is 1. The van der Waals surface area contributed by atoms with Gasteiger partial charge in [-0.25, -0.2) is 9.31 Å². The van der Waals surface area contributed by atoms with Crippen molar-refractivity contribution in [2.45, 2.75) is 26.2 Å². The van der Waals surface area contributed by atoms with Crippen molar-refractivity contribution in [3.05, 3.63) is 33.4 Å². The standard InChI is InChI=1S/C12H13N3O3/c1-2-18-12(17)8-6-13-15-9-5-3-4-7(9)11(16)14-10(8)15/h6H,2-5H2,1H3,(H,14,16). The predicted octanol–water partition coefficient (Wildman–Crippen LogP) is 0.688. The monoisotopic (exact) mass is 247 g/mol. The number of nitrogens with one attached hydrogen (secondary N) is 1. The lowest BCUT2D eigenvalue weighted by Crippen LogP contribution is -2.17. The van der Waals surface area contributed by atoms with Crippen LogP contribution in [0.5, 0.6) is 0 Å². The van der Waals surface area contributed by atoms with Gasteiger partial charge in [-0.05, 0) is 26.2 Å². The first kappa shape index (κ1) is 11.0. The molecule has 1 N–H and O–H groups in total. The highest BCUT2D eigenvalue weighted by atomic mass is 16.5. The van der Waals surface area contributed by atoms with Crippen molar-refractivity contribution in [1.29, 1.82) is 0 Å². The fourth-order valence-electron chi connectivity index (χ4n) is 2.42. The quantitative estimate of drug-likeness (QED) is 0.792. The van der Waals surface area contributed by atoms with Gasteiger partial charge >= 0.3 is 5.97 Å². The third-order valence-corrected chi connectivity index (χ3v) is 3.21. The van der Waals surface area contributed by atoms with Gasteiger partial charge in [0.05, 0.1) is 18.5 Å². The van der Waals surface area contributed by atoms with Gasteiger partial charge in [-0.2, -0.15) is 5.10 Å². The van der Waals surface area contributed by atoms with Crippen LogP contribution in [0.25, 0.3) is 5.65 Å². The number of ether oxygens (including phenoxy) is 1. The minimum atomic E-state index is -0.457. The molecule has 0 atom stereocenters. The average Bonchev–Trinajstić information content (AvgIpc) is 2.94. The summed E-state index contributed by atoms with van der Waals surface area (Å²) in [6, 6.07) is 0. The van der Waals surface area contributed by atoms with Gasteiger partial charge in [0.15, 0.2) is 5.65 Å². The van der Waals surface area contributed by atoms with Crippen molar-refractivity contribution < 1.29 is 9.53 Å². The number of carbonyl (C=O) groups is 1.